The van der Waals surface area contributed by atoms with E-state index in [1.165, 1.54) is 23.4 Å². The zero-order chi connectivity index (χ0) is 10.7. The van der Waals surface area contributed by atoms with Crippen molar-refractivity contribution in [3.8, 4) is 0 Å². The molecule has 0 saturated heterocycles. The van der Waals surface area contributed by atoms with Gasteiger partial charge in [-0.2, -0.15) is 5.10 Å². The molecule has 0 spiro atoms. The maximum absolute atomic E-state index is 4.42. The van der Waals surface area contributed by atoms with Gasteiger partial charge in [0.1, 0.15) is 0 Å². The maximum Gasteiger partial charge on any atom is 0.156 e. The summed E-state index contributed by atoms with van der Waals surface area (Å²) in [6, 6.07) is 0. The highest BCUT2D eigenvalue weighted by atomic mass is 32.2. The summed E-state index contributed by atoms with van der Waals surface area (Å²) in [6.45, 7) is 3.87. The zero-order valence-electron chi connectivity index (χ0n) is 9.16. The van der Waals surface area contributed by atoms with Crippen LogP contribution in [0.2, 0.25) is 0 Å². The fourth-order valence-corrected chi connectivity index (χ4v) is 2.28. The largest absolute Gasteiger partial charge is 0.361 e. The Morgan fingerprint density at radius 3 is 3.07 bits per heavy atom. The van der Waals surface area contributed by atoms with Crippen LogP contribution in [-0.4, -0.2) is 27.2 Å². The van der Waals surface area contributed by atoms with E-state index in [0.29, 0.717) is 0 Å². The predicted octanol–water partition coefficient (Wildman–Crippen LogP) is 1.31. The molecular formula is C10H16N4S. The van der Waals surface area contributed by atoms with Crippen LogP contribution in [0.25, 0.3) is 0 Å². The van der Waals surface area contributed by atoms with Crippen LogP contribution in [0.1, 0.15) is 17.7 Å². The summed E-state index contributed by atoms with van der Waals surface area (Å²) in [7, 11) is 1.96. The molecule has 82 valence electrons. The van der Waals surface area contributed by atoms with Crippen LogP contribution in [0, 0.1) is 6.92 Å². The average molecular weight is 224 g/mol. The lowest BCUT2D eigenvalue weighted by Crippen LogP contribution is -2.23. The fraction of sp³-hybridized carbons (Fsp3) is 0.600. The van der Waals surface area contributed by atoms with Gasteiger partial charge >= 0.3 is 0 Å². The van der Waals surface area contributed by atoms with E-state index in [-0.39, 0.29) is 0 Å². The number of rotatable bonds is 2. The van der Waals surface area contributed by atoms with E-state index >= 15 is 0 Å². The van der Waals surface area contributed by atoms with Gasteiger partial charge in [-0.25, -0.2) is 0 Å². The van der Waals surface area contributed by atoms with E-state index in [1.807, 2.05) is 17.9 Å². The molecule has 15 heavy (non-hydrogen) atoms. The molecule has 2 rings (SSSR count). The number of aryl methyl sites for hydroxylation is 1. The first-order valence-corrected chi connectivity index (χ1v) is 6.14. The van der Waals surface area contributed by atoms with Crippen molar-refractivity contribution in [1.82, 2.24) is 15.1 Å². The van der Waals surface area contributed by atoms with Crippen LogP contribution in [0.5, 0.6) is 0 Å². The van der Waals surface area contributed by atoms with Crippen molar-refractivity contribution in [1.29, 1.82) is 0 Å². The summed E-state index contributed by atoms with van der Waals surface area (Å²) in [5.74, 6) is 1.18. The molecule has 0 unspecified atom stereocenters. The highest BCUT2D eigenvalue weighted by Gasteiger charge is 2.07. The van der Waals surface area contributed by atoms with Gasteiger partial charge in [0.25, 0.3) is 0 Å². The van der Waals surface area contributed by atoms with Gasteiger partial charge in [0, 0.05) is 37.1 Å². The standard InChI is InChI=1S/C10H16N4S/c1-8-9(7-13-14(8)2)6-12-10-11-4-3-5-15-10/h7H,3-6H2,1-2H3,(H,11,12). The van der Waals surface area contributed by atoms with E-state index in [9.17, 15) is 0 Å². The van der Waals surface area contributed by atoms with E-state index < -0.39 is 0 Å². The minimum absolute atomic E-state index is 0.825. The number of aliphatic imine (C=N–C) groups is 1. The Bertz CT molecular complexity index is 369. The summed E-state index contributed by atoms with van der Waals surface area (Å²) in [4.78, 5) is 4.42. The molecule has 0 amide bonds. The number of aromatic nitrogens is 2. The monoisotopic (exact) mass is 224 g/mol. The molecule has 1 aliphatic rings. The number of hydrogen-bond donors (Lipinski definition) is 1. The highest BCUT2D eigenvalue weighted by Crippen LogP contribution is 2.11. The quantitative estimate of drug-likeness (QED) is 0.823. The molecule has 1 aromatic rings. The molecule has 2 heterocycles. The van der Waals surface area contributed by atoms with Crippen molar-refractivity contribution in [3.05, 3.63) is 17.5 Å². The molecule has 0 fully saturated rings. The number of nitrogens with one attached hydrogen (secondary N) is 1. The van der Waals surface area contributed by atoms with Gasteiger partial charge < -0.3 is 5.32 Å². The molecule has 1 N–H and O–H groups in total. The van der Waals surface area contributed by atoms with Crippen LogP contribution in [-0.2, 0) is 13.6 Å². The molecule has 0 saturated carbocycles. The first-order valence-electron chi connectivity index (χ1n) is 5.16. The summed E-state index contributed by atoms with van der Waals surface area (Å²) in [5, 5.41) is 8.64. The van der Waals surface area contributed by atoms with Gasteiger partial charge in [0.2, 0.25) is 0 Å². The van der Waals surface area contributed by atoms with E-state index in [2.05, 4.69) is 22.3 Å². The number of nitrogens with zero attached hydrogens (tertiary/aromatic N) is 3. The maximum atomic E-state index is 4.42. The Balaban J connectivity index is 1.92. The third-order valence-corrected chi connectivity index (χ3v) is 3.60. The second-order valence-electron chi connectivity index (χ2n) is 3.62. The summed E-state index contributed by atoms with van der Waals surface area (Å²) < 4.78 is 1.90. The van der Waals surface area contributed by atoms with E-state index in [0.717, 1.165) is 18.3 Å². The molecule has 0 radical (unpaired) electrons. The minimum atomic E-state index is 0.825. The molecule has 0 aromatic carbocycles. The fourth-order valence-electron chi connectivity index (χ4n) is 1.46. The molecule has 0 bridgehead atoms. The lowest BCUT2D eigenvalue weighted by Gasteiger charge is -2.12. The Kier molecular flexibility index (Phi) is 3.30. The average Bonchev–Trinajstić information content (AvgIpc) is 2.59. The van der Waals surface area contributed by atoms with Crippen LogP contribution >= 0.6 is 11.8 Å². The van der Waals surface area contributed by atoms with Crippen LogP contribution in [0.15, 0.2) is 11.2 Å². The van der Waals surface area contributed by atoms with Gasteiger partial charge in [0.05, 0.1) is 6.20 Å². The third-order valence-electron chi connectivity index (χ3n) is 2.56. The zero-order valence-corrected chi connectivity index (χ0v) is 9.97. The summed E-state index contributed by atoms with van der Waals surface area (Å²) in [5.41, 5.74) is 2.45. The molecule has 4 nitrogen and oxygen atoms in total. The second-order valence-corrected chi connectivity index (χ2v) is 4.70. The van der Waals surface area contributed by atoms with E-state index in [1.54, 1.807) is 11.8 Å². The molecule has 1 aliphatic heterocycles. The normalized spacial score (nSPS) is 16.3. The van der Waals surface area contributed by atoms with Crippen LogP contribution in [0.3, 0.4) is 0 Å². The van der Waals surface area contributed by atoms with Crippen LogP contribution in [0.4, 0.5) is 0 Å². The highest BCUT2D eigenvalue weighted by molar-refractivity contribution is 8.13. The van der Waals surface area contributed by atoms with Gasteiger partial charge in [0.15, 0.2) is 5.17 Å². The summed E-state index contributed by atoms with van der Waals surface area (Å²) >= 11 is 1.81. The van der Waals surface area contributed by atoms with Crippen LogP contribution < -0.4 is 5.32 Å². The number of thioether (sulfide) groups is 1. The minimum Gasteiger partial charge on any atom is -0.361 e. The molecule has 5 heteroatoms. The van der Waals surface area contributed by atoms with Gasteiger partial charge in [-0.05, 0) is 13.3 Å². The molecule has 0 aliphatic carbocycles. The van der Waals surface area contributed by atoms with Crippen molar-refractivity contribution in [2.75, 3.05) is 12.3 Å². The SMILES string of the molecule is Cc1c(CNC2=NCCCS2)cnn1C. The van der Waals surface area contributed by atoms with Crippen molar-refractivity contribution in [2.45, 2.75) is 19.9 Å². The lowest BCUT2D eigenvalue weighted by atomic mass is 10.2. The third kappa shape index (κ3) is 2.53. The molecule has 0 atom stereocenters. The second kappa shape index (κ2) is 4.70. The number of hydrogen-bond acceptors (Lipinski definition) is 4. The Morgan fingerprint density at radius 1 is 1.60 bits per heavy atom. The van der Waals surface area contributed by atoms with Crippen molar-refractivity contribution >= 4 is 16.9 Å². The Morgan fingerprint density at radius 2 is 2.47 bits per heavy atom. The van der Waals surface area contributed by atoms with Crippen molar-refractivity contribution in [3.63, 3.8) is 0 Å². The number of amidine groups is 1. The lowest BCUT2D eigenvalue weighted by molar-refractivity contribution is 0.736. The van der Waals surface area contributed by atoms with Crippen molar-refractivity contribution in [2.24, 2.45) is 12.0 Å². The molecule has 1 aromatic heterocycles. The van der Waals surface area contributed by atoms with E-state index in [4.69, 9.17) is 0 Å². The van der Waals surface area contributed by atoms with Gasteiger partial charge in [-0.1, -0.05) is 11.8 Å². The van der Waals surface area contributed by atoms with Gasteiger partial charge in [-0.3, -0.25) is 9.67 Å². The molecular weight excluding hydrogens is 208 g/mol. The Labute approximate surface area is 94.2 Å². The first kappa shape index (κ1) is 10.5. The smallest absolute Gasteiger partial charge is 0.156 e. The predicted molar refractivity (Wildman–Crippen MR) is 64.2 cm³/mol. The van der Waals surface area contributed by atoms with Crippen molar-refractivity contribution < 1.29 is 0 Å². The first-order chi connectivity index (χ1) is 7.27. The summed E-state index contributed by atoms with van der Waals surface area (Å²) in [6.07, 6.45) is 3.11. The topological polar surface area (TPSA) is 42.2 Å². The van der Waals surface area contributed by atoms with Gasteiger partial charge in [-0.15, -0.1) is 0 Å². The Hall–Kier alpha value is -0.970.